The minimum Gasteiger partial charge on any atom is -0.396 e. The van der Waals surface area contributed by atoms with Crippen LogP contribution >= 0.6 is 15.9 Å². The first kappa shape index (κ1) is 14.5. The van der Waals surface area contributed by atoms with E-state index >= 15 is 0 Å². The summed E-state index contributed by atoms with van der Waals surface area (Å²) in [7, 11) is 1.88. The second-order valence-electron chi connectivity index (χ2n) is 5.28. The molecule has 1 aromatic rings. The van der Waals surface area contributed by atoms with Gasteiger partial charge in [0.1, 0.15) is 0 Å². The van der Waals surface area contributed by atoms with Crippen LogP contribution in [-0.4, -0.2) is 35.6 Å². The van der Waals surface area contributed by atoms with Crippen molar-refractivity contribution < 1.29 is 9.90 Å². The van der Waals surface area contributed by atoms with E-state index in [1.807, 2.05) is 36.2 Å². The topological polar surface area (TPSA) is 40.5 Å². The number of hydrogen-bond acceptors (Lipinski definition) is 2. The van der Waals surface area contributed by atoms with Crippen LogP contribution in [0.1, 0.15) is 36.0 Å². The van der Waals surface area contributed by atoms with E-state index in [2.05, 4.69) is 15.9 Å². The summed E-state index contributed by atoms with van der Waals surface area (Å²) in [6.45, 7) is 0.274. The number of halogens is 1. The summed E-state index contributed by atoms with van der Waals surface area (Å²) in [5.74, 6) is 0.499. The predicted molar refractivity (Wildman–Crippen MR) is 79.1 cm³/mol. The molecule has 104 valence electrons. The van der Waals surface area contributed by atoms with E-state index in [0.29, 0.717) is 12.0 Å². The summed E-state index contributed by atoms with van der Waals surface area (Å²) in [6, 6.07) is 7.81. The molecule has 1 saturated carbocycles. The van der Waals surface area contributed by atoms with Gasteiger partial charge in [-0.15, -0.1) is 0 Å². The quantitative estimate of drug-likeness (QED) is 0.927. The third kappa shape index (κ3) is 3.57. The Hall–Kier alpha value is -0.870. The van der Waals surface area contributed by atoms with Gasteiger partial charge in [-0.25, -0.2) is 0 Å². The molecule has 19 heavy (non-hydrogen) atoms. The second-order valence-corrected chi connectivity index (χ2v) is 6.20. The molecule has 0 heterocycles. The first-order chi connectivity index (χ1) is 9.11. The van der Waals surface area contributed by atoms with Crippen molar-refractivity contribution in [2.45, 2.75) is 31.7 Å². The van der Waals surface area contributed by atoms with Crippen molar-refractivity contribution in [1.82, 2.24) is 4.90 Å². The molecular weight excluding hydrogens is 306 g/mol. The molecule has 0 bridgehead atoms. The Balaban J connectivity index is 2.00. The molecule has 1 aliphatic rings. The number of benzene rings is 1. The van der Waals surface area contributed by atoms with E-state index in [1.165, 1.54) is 0 Å². The molecule has 0 unspecified atom stereocenters. The summed E-state index contributed by atoms with van der Waals surface area (Å²) in [5, 5.41) is 9.15. The standard InChI is InChI=1S/C15H20BrNO2/c1-17(14-7-5-11(10-18)6-8-14)15(19)12-3-2-4-13(16)9-12/h2-4,9,11,14,18H,5-8,10H2,1H3. The Kier molecular flexibility index (Phi) is 4.99. The Morgan fingerprint density at radius 3 is 2.63 bits per heavy atom. The zero-order valence-electron chi connectivity index (χ0n) is 11.2. The van der Waals surface area contributed by atoms with Gasteiger partial charge in [0.15, 0.2) is 0 Å². The van der Waals surface area contributed by atoms with Crippen LogP contribution in [0.3, 0.4) is 0 Å². The maximum absolute atomic E-state index is 12.4. The number of hydrogen-bond donors (Lipinski definition) is 1. The van der Waals surface area contributed by atoms with E-state index in [-0.39, 0.29) is 12.5 Å². The third-order valence-electron chi connectivity index (χ3n) is 4.01. The van der Waals surface area contributed by atoms with Gasteiger partial charge < -0.3 is 10.0 Å². The highest BCUT2D eigenvalue weighted by Gasteiger charge is 2.26. The Morgan fingerprint density at radius 2 is 2.05 bits per heavy atom. The maximum atomic E-state index is 12.4. The molecule has 1 N–H and O–H groups in total. The van der Waals surface area contributed by atoms with E-state index in [1.54, 1.807) is 0 Å². The number of amides is 1. The van der Waals surface area contributed by atoms with E-state index in [9.17, 15) is 4.79 Å². The summed E-state index contributed by atoms with van der Waals surface area (Å²) in [6.07, 6.45) is 4.00. The van der Waals surface area contributed by atoms with Gasteiger partial charge in [-0.3, -0.25) is 4.79 Å². The predicted octanol–water partition coefficient (Wildman–Crippen LogP) is 3.07. The Morgan fingerprint density at radius 1 is 1.37 bits per heavy atom. The monoisotopic (exact) mass is 325 g/mol. The van der Waals surface area contributed by atoms with Crippen LogP contribution in [0.4, 0.5) is 0 Å². The van der Waals surface area contributed by atoms with Crippen LogP contribution in [0.25, 0.3) is 0 Å². The molecule has 0 atom stereocenters. The number of aliphatic hydroxyl groups is 1. The molecule has 0 spiro atoms. The molecule has 4 heteroatoms. The number of carbonyl (C=O) groups is 1. The molecule has 0 aromatic heterocycles. The lowest BCUT2D eigenvalue weighted by Gasteiger charge is -2.34. The van der Waals surface area contributed by atoms with Crippen molar-refractivity contribution in [3.63, 3.8) is 0 Å². The van der Waals surface area contributed by atoms with Gasteiger partial charge >= 0.3 is 0 Å². The highest BCUT2D eigenvalue weighted by atomic mass is 79.9. The highest BCUT2D eigenvalue weighted by Crippen LogP contribution is 2.27. The number of carbonyl (C=O) groups excluding carboxylic acids is 1. The van der Waals surface area contributed by atoms with Crippen LogP contribution in [0, 0.1) is 5.92 Å². The maximum Gasteiger partial charge on any atom is 0.253 e. The fourth-order valence-corrected chi connectivity index (χ4v) is 3.10. The Labute approximate surface area is 122 Å². The summed E-state index contributed by atoms with van der Waals surface area (Å²) >= 11 is 3.39. The van der Waals surface area contributed by atoms with Crippen molar-refractivity contribution in [1.29, 1.82) is 0 Å². The molecule has 3 nitrogen and oxygen atoms in total. The van der Waals surface area contributed by atoms with Gasteiger partial charge in [0.25, 0.3) is 5.91 Å². The first-order valence-electron chi connectivity index (χ1n) is 6.75. The second kappa shape index (κ2) is 6.53. The lowest BCUT2D eigenvalue weighted by molar-refractivity contribution is 0.0653. The average molecular weight is 326 g/mol. The molecule has 1 fully saturated rings. The summed E-state index contributed by atoms with van der Waals surface area (Å²) < 4.78 is 0.927. The van der Waals surface area contributed by atoms with E-state index in [4.69, 9.17) is 5.11 Å². The average Bonchev–Trinajstić information content (AvgIpc) is 2.46. The van der Waals surface area contributed by atoms with Gasteiger partial charge in [-0.05, 0) is 49.8 Å². The van der Waals surface area contributed by atoms with Crippen LogP contribution < -0.4 is 0 Å². The minimum absolute atomic E-state index is 0.0775. The van der Waals surface area contributed by atoms with Crippen LogP contribution in [-0.2, 0) is 0 Å². The molecule has 2 rings (SSSR count). The minimum atomic E-state index is 0.0775. The molecule has 1 amide bonds. The van der Waals surface area contributed by atoms with Gasteiger partial charge in [0.05, 0.1) is 0 Å². The fraction of sp³-hybridized carbons (Fsp3) is 0.533. The van der Waals surface area contributed by atoms with Crippen molar-refractivity contribution in [3.8, 4) is 0 Å². The van der Waals surface area contributed by atoms with Crippen molar-refractivity contribution in [2.75, 3.05) is 13.7 Å². The molecule has 1 aromatic carbocycles. The molecule has 0 saturated heterocycles. The smallest absolute Gasteiger partial charge is 0.253 e. The largest absolute Gasteiger partial charge is 0.396 e. The number of nitrogens with zero attached hydrogens (tertiary/aromatic N) is 1. The number of rotatable bonds is 3. The molecule has 1 aliphatic carbocycles. The van der Waals surface area contributed by atoms with Crippen molar-refractivity contribution in [3.05, 3.63) is 34.3 Å². The van der Waals surface area contributed by atoms with Crippen molar-refractivity contribution in [2.24, 2.45) is 5.92 Å². The van der Waals surface area contributed by atoms with Crippen LogP contribution in [0.2, 0.25) is 0 Å². The molecule has 0 aliphatic heterocycles. The van der Waals surface area contributed by atoms with Gasteiger partial charge in [0, 0.05) is 29.7 Å². The van der Waals surface area contributed by atoms with E-state index < -0.39 is 0 Å². The van der Waals surface area contributed by atoms with Crippen LogP contribution in [0.15, 0.2) is 28.7 Å². The van der Waals surface area contributed by atoms with Gasteiger partial charge in [-0.2, -0.15) is 0 Å². The zero-order chi connectivity index (χ0) is 13.8. The first-order valence-corrected chi connectivity index (χ1v) is 7.54. The van der Waals surface area contributed by atoms with E-state index in [0.717, 1.165) is 35.7 Å². The fourth-order valence-electron chi connectivity index (χ4n) is 2.71. The summed E-state index contributed by atoms with van der Waals surface area (Å²) in [4.78, 5) is 14.3. The van der Waals surface area contributed by atoms with Crippen molar-refractivity contribution >= 4 is 21.8 Å². The molecular formula is C15H20BrNO2. The SMILES string of the molecule is CN(C(=O)c1cccc(Br)c1)C1CCC(CO)CC1. The normalized spacial score (nSPS) is 23.1. The zero-order valence-corrected chi connectivity index (χ0v) is 12.8. The highest BCUT2D eigenvalue weighted by molar-refractivity contribution is 9.10. The lowest BCUT2D eigenvalue weighted by atomic mass is 9.86. The lowest BCUT2D eigenvalue weighted by Crippen LogP contribution is -2.39. The Bertz CT molecular complexity index is 442. The summed E-state index contributed by atoms with van der Waals surface area (Å²) in [5.41, 5.74) is 0.723. The van der Waals surface area contributed by atoms with Crippen LogP contribution in [0.5, 0.6) is 0 Å². The molecule has 0 radical (unpaired) electrons. The third-order valence-corrected chi connectivity index (χ3v) is 4.51. The number of aliphatic hydroxyl groups excluding tert-OH is 1. The van der Waals surface area contributed by atoms with Gasteiger partial charge in [-0.1, -0.05) is 22.0 Å². The van der Waals surface area contributed by atoms with Gasteiger partial charge in [0.2, 0.25) is 0 Å².